The van der Waals surface area contributed by atoms with Gasteiger partial charge in [0.1, 0.15) is 17.0 Å². The van der Waals surface area contributed by atoms with Crippen LogP contribution in [0.3, 0.4) is 0 Å². The zero-order valence-electron chi connectivity index (χ0n) is 11.0. The van der Waals surface area contributed by atoms with Crippen LogP contribution in [0.15, 0.2) is 40.8 Å². The summed E-state index contributed by atoms with van der Waals surface area (Å²) in [6, 6.07) is 11.4. The van der Waals surface area contributed by atoms with Gasteiger partial charge in [0.15, 0.2) is 5.58 Å². The Morgan fingerprint density at radius 2 is 1.70 bits per heavy atom. The minimum atomic E-state index is 0.592. The summed E-state index contributed by atoms with van der Waals surface area (Å²) in [7, 11) is 3.28. The van der Waals surface area contributed by atoms with Gasteiger partial charge in [0.2, 0.25) is 5.89 Å². The van der Waals surface area contributed by atoms with Gasteiger partial charge in [0.05, 0.1) is 17.8 Å². The highest BCUT2D eigenvalue weighted by Crippen LogP contribution is 2.31. The number of ether oxygens (including phenoxy) is 2. The lowest BCUT2D eigenvalue weighted by Gasteiger charge is -1.99. The molecule has 0 spiro atoms. The van der Waals surface area contributed by atoms with E-state index in [4.69, 9.17) is 13.9 Å². The summed E-state index contributed by atoms with van der Waals surface area (Å²) in [5.74, 6) is 2.17. The smallest absolute Gasteiger partial charge is 0.227 e. The lowest BCUT2D eigenvalue weighted by Crippen LogP contribution is -1.84. The first-order valence-electron chi connectivity index (χ1n) is 6.00. The van der Waals surface area contributed by atoms with Crippen LogP contribution in [-0.4, -0.2) is 19.2 Å². The van der Waals surface area contributed by atoms with Crippen LogP contribution in [0.1, 0.15) is 0 Å². The third-order valence-corrected chi connectivity index (χ3v) is 3.79. The van der Waals surface area contributed by atoms with Crippen LogP contribution in [0.5, 0.6) is 11.5 Å². The Labute approximate surface area is 129 Å². The second-order valence-corrected chi connectivity index (χ2v) is 5.37. The first-order valence-corrected chi connectivity index (χ1v) is 7.07. The monoisotopic (exact) mass is 381 g/mol. The first-order chi connectivity index (χ1) is 9.71. The molecule has 2 aromatic carbocycles. The van der Waals surface area contributed by atoms with Gasteiger partial charge in [-0.2, -0.15) is 0 Å². The fourth-order valence-corrected chi connectivity index (χ4v) is 2.64. The Balaban J connectivity index is 2.09. The van der Waals surface area contributed by atoms with Gasteiger partial charge in [0, 0.05) is 11.6 Å². The molecule has 0 aliphatic carbocycles. The van der Waals surface area contributed by atoms with Crippen LogP contribution in [-0.2, 0) is 0 Å². The summed E-state index contributed by atoms with van der Waals surface area (Å²) >= 11 is 2.22. The Morgan fingerprint density at radius 1 is 1.00 bits per heavy atom. The summed E-state index contributed by atoms with van der Waals surface area (Å²) < 4.78 is 17.2. The summed E-state index contributed by atoms with van der Waals surface area (Å²) in [5, 5.41) is 0. The highest BCUT2D eigenvalue weighted by atomic mass is 127. The Morgan fingerprint density at radius 3 is 2.35 bits per heavy atom. The Kier molecular flexibility index (Phi) is 3.52. The molecule has 0 N–H and O–H groups in total. The van der Waals surface area contributed by atoms with Crippen LogP contribution in [0.25, 0.3) is 22.6 Å². The molecule has 0 saturated heterocycles. The quantitative estimate of drug-likeness (QED) is 0.641. The van der Waals surface area contributed by atoms with Crippen molar-refractivity contribution < 1.29 is 13.9 Å². The van der Waals surface area contributed by atoms with Gasteiger partial charge in [0.25, 0.3) is 0 Å². The molecule has 1 heterocycles. The van der Waals surface area contributed by atoms with Gasteiger partial charge in [-0.05, 0) is 52.9 Å². The van der Waals surface area contributed by atoms with Crippen molar-refractivity contribution in [2.45, 2.75) is 0 Å². The largest absolute Gasteiger partial charge is 0.497 e. The van der Waals surface area contributed by atoms with E-state index in [9.17, 15) is 0 Å². The molecule has 0 radical (unpaired) electrons. The SMILES string of the molecule is COc1ccc(-c2nc3cc(OC)cc(I)c3o2)cc1. The number of fused-ring (bicyclic) bond motifs is 1. The predicted octanol–water partition coefficient (Wildman–Crippen LogP) is 4.12. The number of oxazole rings is 1. The molecule has 4 nitrogen and oxygen atoms in total. The topological polar surface area (TPSA) is 44.5 Å². The predicted molar refractivity (Wildman–Crippen MR) is 85.3 cm³/mol. The first kappa shape index (κ1) is 13.2. The van der Waals surface area contributed by atoms with E-state index < -0.39 is 0 Å². The molecule has 102 valence electrons. The molecular weight excluding hydrogens is 369 g/mol. The van der Waals surface area contributed by atoms with Crippen LogP contribution < -0.4 is 9.47 Å². The maximum atomic E-state index is 5.84. The number of hydrogen-bond acceptors (Lipinski definition) is 4. The normalized spacial score (nSPS) is 10.8. The molecule has 0 atom stereocenters. The molecular formula is C15H12INO3. The fourth-order valence-electron chi connectivity index (χ4n) is 1.94. The molecule has 0 saturated carbocycles. The second kappa shape index (κ2) is 5.32. The second-order valence-electron chi connectivity index (χ2n) is 4.20. The molecule has 0 amide bonds. The van der Waals surface area contributed by atoms with Crippen molar-refractivity contribution in [1.29, 1.82) is 0 Å². The summed E-state index contributed by atoms with van der Waals surface area (Å²) in [6.07, 6.45) is 0. The molecule has 20 heavy (non-hydrogen) atoms. The molecule has 0 fully saturated rings. The van der Waals surface area contributed by atoms with E-state index in [-0.39, 0.29) is 0 Å². The standard InChI is InChI=1S/C15H12INO3/c1-18-10-5-3-9(4-6-10)15-17-13-8-11(19-2)7-12(16)14(13)20-15/h3-8H,1-2H3. The van der Waals surface area contributed by atoms with E-state index >= 15 is 0 Å². The van der Waals surface area contributed by atoms with Gasteiger partial charge < -0.3 is 13.9 Å². The van der Waals surface area contributed by atoms with Gasteiger partial charge >= 0.3 is 0 Å². The van der Waals surface area contributed by atoms with Crippen molar-refractivity contribution >= 4 is 33.7 Å². The summed E-state index contributed by atoms with van der Waals surface area (Å²) in [4.78, 5) is 4.52. The molecule has 0 unspecified atom stereocenters. The number of aromatic nitrogens is 1. The van der Waals surface area contributed by atoms with Crippen molar-refractivity contribution in [3.05, 3.63) is 40.0 Å². The van der Waals surface area contributed by atoms with Crippen molar-refractivity contribution in [2.24, 2.45) is 0 Å². The number of benzene rings is 2. The van der Waals surface area contributed by atoms with Gasteiger partial charge in [-0.15, -0.1) is 0 Å². The molecule has 3 aromatic rings. The fraction of sp³-hybridized carbons (Fsp3) is 0.133. The van der Waals surface area contributed by atoms with Crippen molar-refractivity contribution in [2.75, 3.05) is 14.2 Å². The van der Waals surface area contributed by atoms with Gasteiger partial charge in [-0.1, -0.05) is 0 Å². The molecule has 3 rings (SSSR count). The van der Waals surface area contributed by atoms with E-state index in [0.717, 1.165) is 31.7 Å². The highest BCUT2D eigenvalue weighted by molar-refractivity contribution is 14.1. The lowest BCUT2D eigenvalue weighted by molar-refractivity contribution is 0.414. The van der Waals surface area contributed by atoms with Crippen molar-refractivity contribution in [3.63, 3.8) is 0 Å². The minimum absolute atomic E-state index is 0.592. The van der Waals surface area contributed by atoms with E-state index in [1.165, 1.54) is 0 Å². The third-order valence-electron chi connectivity index (χ3n) is 2.99. The zero-order chi connectivity index (χ0) is 14.1. The Hall–Kier alpha value is -1.76. The third kappa shape index (κ3) is 2.33. The maximum absolute atomic E-state index is 5.84. The van der Waals surface area contributed by atoms with E-state index in [2.05, 4.69) is 27.6 Å². The number of rotatable bonds is 3. The van der Waals surface area contributed by atoms with Crippen molar-refractivity contribution in [3.8, 4) is 23.0 Å². The average Bonchev–Trinajstić information content (AvgIpc) is 2.92. The van der Waals surface area contributed by atoms with Crippen LogP contribution in [0.2, 0.25) is 0 Å². The summed E-state index contributed by atoms with van der Waals surface area (Å²) in [6.45, 7) is 0. The van der Waals surface area contributed by atoms with Gasteiger partial charge in [-0.3, -0.25) is 0 Å². The van der Waals surface area contributed by atoms with E-state index in [1.807, 2.05) is 36.4 Å². The minimum Gasteiger partial charge on any atom is -0.497 e. The van der Waals surface area contributed by atoms with Crippen molar-refractivity contribution in [1.82, 2.24) is 4.98 Å². The lowest BCUT2D eigenvalue weighted by atomic mass is 10.2. The average molecular weight is 381 g/mol. The van der Waals surface area contributed by atoms with E-state index in [1.54, 1.807) is 14.2 Å². The number of nitrogens with zero attached hydrogens (tertiary/aromatic N) is 1. The summed E-state index contributed by atoms with van der Waals surface area (Å²) in [5.41, 5.74) is 2.48. The highest BCUT2D eigenvalue weighted by Gasteiger charge is 2.12. The molecule has 0 aliphatic heterocycles. The number of methoxy groups -OCH3 is 2. The van der Waals surface area contributed by atoms with Crippen LogP contribution in [0, 0.1) is 3.57 Å². The van der Waals surface area contributed by atoms with Crippen LogP contribution >= 0.6 is 22.6 Å². The van der Waals surface area contributed by atoms with E-state index in [0.29, 0.717) is 5.89 Å². The van der Waals surface area contributed by atoms with Gasteiger partial charge in [-0.25, -0.2) is 4.98 Å². The molecule has 0 bridgehead atoms. The number of halogens is 1. The number of hydrogen-bond donors (Lipinski definition) is 0. The molecule has 0 aliphatic rings. The maximum Gasteiger partial charge on any atom is 0.227 e. The zero-order valence-corrected chi connectivity index (χ0v) is 13.2. The van der Waals surface area contributed by atoms with Crippen LogP contribution in [0.4, 0.5) is 0 Å². The Bertz CT molecular complexity index is 750. The molecule has 5 heteroatoms. The molecule has 1 aromatic heterocycles.